The van der Waals surface area contributed by atoms with Crippen molar-refractivity contribution in [2.75, 3.05) is 0 Å². The van der Waals surface area contributed by atoms with Crippen LogP contribution in [0.15, 0.2) is 0 Å². The Hall–Kier alpha value is 0.430. The minimum absolute atomic E-state index is 0. The molecular formula is C3H7Cl3. The average molecular weight is 149 g/mol. The second-order valence-electron chi connectivity index (χ2n) is 0.289. The maximum absolute atomic E-state index is 4.60. The largest absolute Gasteiger partial charge is 0.147 e. The van der Waals surface area contributed by atoms with Crippen molar-refractivity contribution in [1.29, 1.82) is 0 Å². The molecule has 0 N–H and O–H groups in total. The average Bonchev–Trinajstić information content (AvgIpc) is 0.918. The van der Waals surface area contributed by atoms with Crippen molar-refractivity contribution < 1.29 is 0 Å². The van der Waals surface area contributed by atoms with E-state index >= 15 is 0 Å². The summed E-state index contributed by atoms with van der Waals surface area (Å²) in [6.45, 7) is 1.65. The maximum atomic E-state index is 4.60. The van der Waals surface area contributed by atoms with E-state index < -0.39 is 0 Å². The van der Waals surface area contributed by atoms with Crippen molar-refractivity contribution >= 4 is 37.2 Å². The normalized spacial score (nSPS) is 1.33. The molecule has 0 saturated carbocycles. The summed E-state index contributed by atoms with van der Waals surface area (Å²) < 4.78 is 0. The minimum atomic E-state index is 0. The predicted octanol–water partition coefficient (Wildman–Crippen LogP) is 1.90. The van der Waals surface area contributed by atoms with E-state index in [1.54, 1.807) is 6.92 Å². The van der Waals surface area contributed by atoms with Crippen LogP contribution in [0, 0.1) is 12.3 Å². The topological polar surface area (TPSA) is 0 Å². The molecule has 3 heteroatoms. The summed E-state index contributed by atoms with van der Waals surface area (Å²) in [5.74, 6) is 2.25. The van der Waals surface area contributed by atoms with Gasteiger partial charge in [0.1, 0.15) is 0 Å². The molecule has 0 radical (unpaired) electrons. The van der Waals surface area contributed by atoms with Crippen LogP contribution in [0.3, 0.4) is 0 Å². The number of hydrogen-bond donors (Lipinski definition) is 0. The molecule has 0 aromatic carbocycles. The number of halogens is 3. The lowest BCUT2D eigenvalue weighted by atomic mass is 10.9. The van der Waals surface area contributed by atoms with Gasteiger partial charge in [-0.3, -0.25) is 0 Å². The maximum Gasteiger partial charge on any atom is -0.00297 e. The van der Waals surface area contributed by atoms with Gasteiger partial charge in [0, 0.05) is 0 Å². The SMILES string of the molecule is C#CC.Cl.Cl.Cl. The third-order valence-corrected chi connectivity index (χ3v) is 0. The van der Waals surface area contributed by atoms with Gasteiger partial charge in [0.25, 0.3) is 0 Å². The van der Waals surface area contributed by atoms with Gasteiger partial charge in [0.05, 0.1) is 0 Å². The van der Waals surface area contributed by atoms with Crippen molar-refractivity contribution in [2.24, 2.45) is 0 Å². The van der Waals surface area contributed by atoms with E-state index in [1.165, 1.54) is 0 Å². The molecule has 0 aliphatic carbocycles. The Morgan fingerprint density at radius 1 is 1.17 bits per heavy atom. The summed E-state index contributed by atoms with van der Waals surface area (Å²) >= 11 is 0. The first-order valence-corrected chi connectivity index (χ1v) is 0.789. The lowest BCUT2D eigenvalue weighted by Gasteiger charge is -1.23. The molecule has 0 fully saturated rings. The van der Waals surface area contributed by atoms with E-state index in [4.69, 9.17) is 0 Å². The summed E-state index contributed by atoms with van der Waals surface area (Å²) in [5.41, 5.74) is 0. The van der Waals surface area contributed by atoms with Gasteiger partial charge < -0.3 is 0 Å². The van der Waals surface area contributed by atoms with Gasteiger partial charge in [-0.2, -0.15) is 0 Å². The molecule has 0 rings (SSSR count). The highest BCUT2D eigenvalue weighted by Crippen LogP contribution is 1.21. The van der Waals surface area contributed by atoms with Gasteiger partial charge in [0.15, 0.2) is 0 Å². The van der Waals surface area contributed by atoms with Crippen LogP contribution in [0.5, 0.6) is 0 Å². The van der Waals surface area contributed by atoms with E-state index in [9.17, 15) is 0 Å². The van der Waals surface area contributed by atoms with Crippen LogP contribution in [0.2, 0.25) is 0 Å². The summed E-state index contributed by atoms with van der Waals surface area (Å²) in [5, 5.41) is 0. The van der Waals surface area contributed by atoms with E-state index in [-0.39, 0.29) is 37.2 Å². The molecule has 0 spiro atoms. The van der Waals surface area contributed by atoms with Gasteiger partial charge in [-0.1, -0.05) is 0 Å². The number of rotatable bonds is 0. The number of terminal acetylenes is 1. The third-order valence-electron chi connectivity index (χ3n) is 0. The highest BCUT2D eigenvalue weighted by atomic mass is 35.5. The van der Waals surface area contributed by atoms with Crippen LogP contribution in [0.1, 0.15) is 6.92 Å². The standard InChI is InChI=1S/C3H4.3ClH/c1-3-2;;;/h1H,2H3;3*1H. The Labute approximate surface area is 56.9 Å². The van der Waals surface area contributed by atoms with Crippen molar-refractivity contribution in [3.8, 4) is 12.3 Å². The molecule has 0 aromatic rings. The van der Waals surface area contributed by atoms with Gasteiger partial charge in [-0.25, -0.2) is 0 Å². The fraction of sp³-hybridized carbons (Fsp3) is 0.333. The summed E-state index contributed by atoms with van der Waals surface area (Å²) in [6.07, 6.45) is 4.60. The first kappa shape index (κ1) is 32.1. The molecule has 6 heavy (non-hydrogen) atoms. The molecule has 40 valence electrons. The van der Waals surface area contributed by atoms with E-state index in [0.29, 0.717) is 0 Å². The van der Waals surface area contributed by atoms with E-state index in [1.807, 2.05) is 0 Å². The highest BCUT2D eigenvalue weighted by molar-refractivity contribution is 5.86. The van der Waals surface area contributed by atoms with Gasteiger partial charge in [0.2, 0.25) is 0 Å². The van der Waals surface area contributed by atoms with E-state index in [2.05, 4.69) is 12.3 Å². The lowest BCUT2D eigenvalue weighted by molar-refractivity contribution is 1.94. The fourth-order valence-electron chi connectivity index (χ4n) is 0. The zero-order valence-electron chi connectivity index (χ0n) is 3.30. The Bertz CT molecular complexity index is 27.5. The zero-order chi connectivity index (χ0) is 2.71. The van der Waals surface area contributed by atoms with Crippen molar-refractivity contribution in [2.45, 2.75) is 6.92 Å². The molecule has 0 aromatic heterocycles. The molecular weight excluding hydrogens is 142 g/mol. The summed E-state index contributed by atoms with van der Waals surface area (Å²) in [4.78, 5) is 0. The summed E-state index contributed by atoms with van der Waals surface area (Å²) in [7, 11) is 0. The van der Waals surface area contributed by atoms with Crippen LogP contribution in [-0.2, 0) is 0 Å². The minimum Gasteiger partial charge on any atom is -0.147 e. The van der Waals surface area contributed by atoms with Crippen molar-refractivity contribution in [3.63, 3.8) is 0 Å². The first-order valence-electron chi connectivity index (χ1n) is 0.789. The Balaban J connectivity index is -0.00000000667. The van der Waals surface area contributed by atoms with Crippen LogP contribution in [0.4, 0.5) is 0 Å². The molecule has 0 unspecified atom stereocenters. The quantitative estimate of drug-likeness (QED) is 0.462. The molecule has 0 atom stereocenters. The smallest absolute Gasteiger partial charge is 0.00297 e. The van der Waals surface area contributed by atoms with Crippen LogP contribution >= 0.6 is 37.2 Å². The monoisotopic (exact) mass is 148 g/mol. The highest BCUT2D eigenvalue weighted by Gasteiger charge is 1.09. The van der Waals surface area contributed by atoms with Crippen LogP contribution in [0.25, 0.3) is 0 Å². The fourth-order valence-corrected chi connectivity index (χ4v) is 0. The Morgan fingerprint density at radius 2 is 1.17 bits per heavy atom. The third kappa shape index (κ3) is 282. The molecule has 0 saturated heterocycles. The lowest BCUT2D eigenvalue weighted by Crippen LogP contribution is -1.10. The molecule has 0 nitrogen and oxygen atoms in total. The zero-order valence-corrected chi connectivity index (χ0v) is 5.75. The summed E-state index contributed by atoms with van der Waals surface area (Å²) in [6, 6.07) is 0. The first-order chi connectivity index (χ1) is 1.41. The molecule has 0 bridgehead atoms. The van der Waals surface area contributed by atoms with Crippen LogP contribution < -0.4 is 0 Å². The van der Waals surface area contributed by atoms with Crippen molar-refractivity contribution in [3.05, 3.63) is 0 Å². The van der Waals surface area contributed by atoms with Crippen molar-refractivity contribution in [1.82, 2.24) is 0 Å². The predicted molar refractivity (Wildman–Crippen MR) is 36.3 cm³/mol. The second-order valence-corrected chi connectivity index (χ2v) is 0.289. The molecule has 0 aliphatic rings. The van der Waals surface area contributed by atoms with Crippen LogP contribution in [-0.4, -0.2) is 0 Å². The Morgan fingerprint density at radius 3 is 1.17 bits per heavy atom. The van der Waals surface area contributed by atoms with E-state index in [0.717, 1.165) is 0 Å². The number of hydrogen-bond acceptors (Lipinski definition) is 0. The van der Waals surface area contributed by atoms with Gasteiger partial charge in [-0.05, 0) is 6.92 Å². The molecule has 0 amide bonds. The van der Waals surface area contributed by atoms with Gasteiger partial charge >= 0.3 is 0 Å². The molecule has 0 heterocycles. The molecule has 0 aliphatic heterocycles. The Kier molecular flexibility index (Phi) is 279. The second kappa shape index (κ2) is 52.1. The van der Waals surface area contributed by atoms with Gasteiger partial charge in [-0.15, -0.1) is 49.6 Å².